The van der Waals surface area contributed by atoms with Gasteiger partial charge in [-0.1, -0.05) is 49.5 Å². The van der Waals surface area contributed by atoms with Gasteiger partial charge in [-0.05, 0) is 56.1 Å². The molecule has 0 saturated heterocycles. The summed E-state index contributed by atoms with van der Waals surface area (Å²) in [7, 11) is 0. The van der Waals surface area contributed by atoms with Crippen LogP contribution in [0.15, 0.2) is 24.3 Å². The van der Waals surface area contributed by atoms with Crippen LogP contribution >= 0.6 is 0 Å². The van der Waals surface area contributed by atoms with Gasteiger partial charge in [0.1, 0.15) is 0 Å². The van der Waals surface area contributed by atoms with Gasteiger partial charge in [0, 0.05) is 18.3 Å². The maximum absolute atomic E-state index is 10.4. The Hall–Kier alpha value is -1.30. The van der Waals surface area contributed by atoms with Crippen LogP contribution < -0.4 is 0 Å². The van der Waals surface area contributed by atoms with Gasteiger partial charge < -0.3 is 10.2 Å². The van der Waals surface area contributed by atoms with Gasteiger partial charge in [-0.3, -0.25) is 0 Å². The van der Waals surface area contributed by atoms with Crippen LogP contribution in [0.2, 0.25) is 0 Å². The first-order valence-electron chi connectivity index (χ1n) is 9.34. The molecule has 2 saturated carbocycles. The maximum Gasteiger partial charge on any atom is 0.0840 e. The Morgan fingerprint density at radius 1 is 1.25 bits per heavy atom. The quantitative estimate of drug-likeness (QED) is 0.809. The summed E-state index contributed by atoms with van der Waals surface area (Å²) in [5.41, 5.74) is 1.26. The molecule has 2 aliphatic rings. The maximum atomic E-state index is 10.4. The van der Waals surface area contributed by atoms with Crippen molar-refractivity contribution in [2.24, 2.45) is 23.7 Å². The van der Waals surface area contributed by atoms with E-state index in [0.29, 0.717) is 30.1 Å². The molecule has 1 aromatic rings. The number of rotatable bonds is 2. The molecule has 130 valence electrons. The predicted octanol–water partition coefficient (Wildman–Crippen LogP) is 3.89. The molecule has 2 aliphatic carbocycles. The average Bonchev–Trinajstić information content (AvgIpc) is 2.85. The monoisotopic (exact) mass is 326 g/mol. The molecule has 2 N–H and O–H groups in total. The highest BCUT2D eigenvalue weighted by Crippen LogP contribution is 2.48. The smallest absolute Gasteiger partial charge is 0.0840 e. The van der Waals surface area contributed by atoms with E-state index in [4.69, 9.17) is 0 Å². The third-order valence-electron chi connectivity index (χ3n) is 6.01. The second-order valence-electron chi connectivity index (χ2n) is 8.32. The zero-order chi connectivity index (χ0) is 17.3. The van der Waals surface area contributed by atoms with Crippen LogP contribution in [0.5, 0.6) is 0 Å². The molecule has 0 amide bonds. The van der Waals surface area contributed by atoms with Crippen LogP contribution in [0.4, 0.5) is 0 Å². The predicted molar refractivity (Wildman–Crippen MR) is 97.3 cm³/mol. The Balaban J connectivity index is 1.70. The van der Waals surface area contributed by atoms with Crippen LogP contribution in [0.25, 0.3) is 0 Å². The van der Waals surface area contributed by atoms with Crippen molar-refractivity contribution in [1.82, 2.24) is 0 Å². The molecule has 0 aromatic heterocycles. The fourth-order valence-electron chi connectivity index (χ4n) is 4.70. The van der Waals surface area contributed by atoms with Crippen molar-refractivity contribution < 1.29 is 10.2 Å². The summed E-state index contributed by atoms with van der Waals surface area (Å²) in [6.45, 7) is 5.94. The van der Waals surface area contributed by atoms with Crippen molar-refractivity contribution in [1.29, 1.82) is 0 Å². The molecule has 0 heterocycles. The molecule has 5 atom stereocenters. The number of hydrogen-bond donors (Lipinski definition) is 2. The molecular formula is C22H30O2. The normalized spacial score (nSPS) is 32.8. The van der Waals surface area contributed by atoms with Crippen molar-refractivity contribution in [2.75, 3.05) is 0 Å². The Morgan fingerprint density at radius 3 is 2.79 bits per heavy atom. The minimum absolute atomic E-state index is 0.161. The molecule has 0 bridgehead atoms. The van der Waals surface area contributed by atoms with E-state index < -0.39 is 5.60 Å². The standard InChI is InChI=1S/C22H30O2/c1-15-13-17(21-19(15)11-6-12-20(21)23)9-4-7-16-8-5-10-18(14-16)22(2,3)24/h5,8,10,14-15,17,19-21,23-24H,6-7,11-13H2,1-3H3/t15-,17?,19?,20?,21?/m1/s1. The van der Waals surface area contributed by atoms with Gasteiger partial charge in [0.05, 0.1) is 11.7 Å². The highest BCUT2D eigenvalue weighted by atomic mass is 16.3. The summed E-state index contributed by atoms with van der Waals surface area (Å²) in [5, 5.41) is 20.5. The van der Waals surface area contributed by atoms with Crippen LogP contribution in [-0.4, -0.2) is 16.3 Å². The molecule has 2 heteroatoms. The van der Waals surface area contributed by atoms with Crippen molar-refractivity contribution in [3.63, 3.8) is 0 Å². The van der Waals surface area contributed by atoms with E-state index in [1.54, 1.807) is 0 Å². The van der Waals surface area contributed by atoms with Gasteiger partial charge in [0.15, 0.2) is 0 Å². The molecule has 0 spiro atoms. The molecule has 2 fully saturated rings. The van der Waals surface area contributed by atoms with Crippen LogP contribution in [-0.2, 0) is 12.0 Å². The Bertz CT molecular complexity index is 631. The highest BCUT2D eigenvalue weighted by molar-refractivity contribution is 5.30. The van der Waals surface area contributed by atoms with Gasteiger partial charge in [0.25, 0.3) is 0 Å². The number of aliphatic hydroxyl groups excluding tert-OH is 1. The fourth-order valence-corrected chi connectivity index (χ4v) is 4.70. The van der Waals surface area contributed by atoms with E-state index >= 15 is 0 Å². The number of aliphatic hydroxyl groups is 2. The second-order valence-corrected chi connectivity index (χ2v) is 8.32. The molecule has 0 aliphatic heterocycles. The van der Waals surface area contributed by atoms with E-state index in [-0.39, 0.29) is 6.10 Å². The Kier molecular flexibility index (Phi) is 5.04. The molecule has 24 heavy (non-hydrogen) atoms. The highest BCUT2D eigenvalue weighted by Gasteiger charge is 2.45. The van der Waals surface area contributed by atoms with Crippen molar-refractivity contribution in [3.8, 4) is 11.8 Å². The summed E-state index contributed by atoms with van der Waals surface area (Å²) in [4.78, 5) is 0. The lowest BCUT2D eigenvalue weighted by molar-refractivity contribution is 0.0292. The zero-order valence-electron chi connectivity index (χ0n) is 15.1. The van der Waals surface area contributed by atoms with Gasteiger partial charge in [-0.25, -0.2) is 0 Å². The SMILES string of the molecule is C[C@@H]1CC(C#CCc2cccc(C(C)(C)O)c2)C2C(O)CCCC21. The Labute approximate surface area is 146 Å². The largest absolute Gasteiger partial charge is 0.393 e. The Morgan fingerprint density at radius 2 is 2.04 bits per heavy atom. The van der Waals surface area contributed by atoms with Gasteiger partial charge in [-0.2, -0.15) is 0 Å². The van der Waals surface area contributed by atoms with Crippen LogP contribution in [0, 0.1) is 35.5 Å². The third-order valence-corrected chi connectivity index (χ3v) is 6.01. The lowest BCUT2D eigenvalue weighted by Gasteiger charge is -2.33. The number of benzene rings is 1. The van der Waals surface area contributed by atoms with E-state index in [9.17, 15) is 10.2 Å². The van der Waals surface area contributed by atoms with Crippen LogP contribution in [0.3, 0.4) is 0 Å². The van der Waals surface area contributed by atoms with Crippen LogP contribution in [0.1, 0.15) is 57.6 Å². The summed E-state index contributed by atoms with van der Waals surface area (Å²) in [6, 6.07) is 8.06. The zero-order valence-corrected chi connectivity index (χ0v) is 15.1. The van der Waals surface area contributed by atoms with Crippen molar-refractivity contribution in [3.05, 3.63) is 35.4 Å². The van der Waals surface area contributed by atoms with Crippen molar-refractivity contribution >= 4 is 0 Å². The lowest BCUT2D eigenvalue weighted by atomic mass is 9.74. The number of fused-ring (bicyclic) bond motifs is 1. The minimum atomic E-state index is -0.816. The van der Waals surface area contributed by atoms with Gasteiger partial charge in [-0.15, -0.1) is 0 Å². The molecule has 3 rings (SSSR count). The first-order valence-corrected chi connectivity index (χ1v) is 9.34. The lowest BCUT2D eigenvalue weighted by Crippen LogP contribution is -2.33. The molecule has 1 aromatic carbocycles. The summed E-state index contributed by atoms with van der Waals surface area (Å²) in [5.74, 6) is 8.90. The van der Waals surface area contributed by atoms with Gasteiger partial charge in [0.2, 0.25) is 0 Å². The average molecular weight is 326 g/mol. The minimum Gasteiger partial charge on any atom is -0.393 e. The molecule has 4 unspecified atom stereocenters. The first kappa shape index (κ1) is 17.5. The number of hydrogen-bond acceptors (Lipinski definition) is 2. The first-order chi connectivity index (χ1) is 11.4. The second kappa shape index (κ2) is 6.90. The summed E-state index contributed by atoms with van der Waals surface area (Å²) < 4.78 is 0. The summed E-state index contributed by atoms with van der Waals surface area (Å²) >= 11 is 0. The molecule has 2 nitrogen and oxygen atoms in total. The van der Waals surface area contributed by atoms with E-state index in [1.807, 2.05) is 32.0 Å². The van der Waals surface area contributed by atoms with E-state index in [0.717, 1.165) is 30.4 Å². The molecular weight excluding hydrogens is 296 g/mol. The van der Waals surface area contributed by atoms with Crippen molar-refractivity contribution in [2.45, 2.75) is 64.6 Å². The topological polar surface area (TPSA) is 40.5 Å². The van der Waals surface area contributed by atoms with E-state index in [1.165, 1.54) is 6.42 Å². The summed E-state index contributed by atoms with van der Waals surface area (Å²) in [6.07, 6.45) is 5.04. The van der Waals surface area contributed by atoms with Gasteiger partial charge >= 0.3 is 0 Å². The van der Waals surface area contributed by atoms with E-state index in [2.05, 4.69) is 24.8 Å². The molecule has 0 radical (unpaired) electrons. The third kappa shape index (κ3) is 3.68. The fraction of sp³-hybridized carbons (Fsp3) is 0.636.